The minimum atomic E-state index is 0. The first-order valence-corrected chi connectivity index (χ1v) is 8.39. The molecule has 0 bridgehead atoms. The number of rotatable bonds is 7. The van der Waals surface area contributed by atoms with Crippen LogP contribution in [0.25, 0.3) is 0 Å². The molecule has 1 N–H and O–H groups in total. The highest BCUT2D eigenvalue weighted by molar-refractivity contribution is 5.85. The van der Waals surface area contributed by atoms with E-state index in [0.29, 0.717) is 12.7 Å². The number of hydrogen-bond acceptors (Lipinski definition) is 3. The Bertz CT molecular complexity index is 592. The highest BCUT2D eigenvalue weighted by atomic mass is 35.5. The van der Waals surface area contributed by atoms with E-state index < -0.39 is 0 Å². The van der Waals surface area contributed by atoms with Crippen molar-refractivity contribution >= 4 is 12.4 Å². The largest absolute Gasteiger partial charge is 0.489 e. The summed E-state index contributed by atoms with van der Waals surface area (Å²) in [5, 5.41) is 3.46. The van der Waals surface area contributed by atoms with Gasteiger partial charge in [0.1, 0.15) is 12.4 Å². The van der Waals surface area contributed by atoms with Gasteiger partial charge in [0.15, 0.2) is 0 Å². The van der Waals surface area contributed by atoms with Crippen LogP contribution in [0.15, 0.2) is 48.5 Å². The molecule has 0 saturated carbocycles. The third-order valence-corrected chi connectivity index (χ3v) is 4.17. The molecule has 1 aliphatic heterocycles. The van der Waals surface area contributed by atoms with E-state index >= 15 is 0 Å². The summed E-state index contributed by atoms with van der Waals surface area (Å²) in [4.78, 5) is 0. The summed E-state index contributed by atoms with van der Waals surface area (Å²) in [5.41, 5.74) is 3.73. The molecule has 3 nitrogen and oxygen atoms in total. The lowest BCUT2D eigenvalue weighted by atomic mass is 10.2. The molecule has 3 rings (SSSR count). The van der Waals surface area contributed by atoms with Gasteiger partial charge >= 0.3 is 0 Å². The van der Waals surface area contributed by atoms with Crippen molar-refractivity contribution < 1.29 is 9.47 Å². The first-order chi connectivity index (χ1) is 11.3. The van der Waals surface area contributed by atoms with Crippen LogP contribution >= 0.6 is 12.4 Å². The molecule has 1 heterocycles. The first kappa shape index (κ1) is 18.8. The van der Waals surface area contributed by atoms with Gasteiger partial charge in [0.05, 0.1) is 6.10 Å². The van der Waals surface area contributed by atoms with E-state index in [1.54, 1.807) is 0 Å². The van der Waals surface area contributed by atoms with Crippen LogP contribution in [0, 0.1) is 6.92 Å². The van der Waals surface area contributed by atoms with Gasteiger partial charge in [-0.2, -0.15) is 0 Å². The molecule has 4 heteroatoms. The van der Waals surface area contributed by atoms with Crippen molar-refractivity contribution in [2.75, 3.05) is 13.2 Å². The fraction of sp³-hybridized carbons (Fsp3) is 0.400. The van der Waals surface area contributed by atoms with Crippen LogP contribution in [-0.2, 0) is 17.9 Å². The minimum Gasteiger partial charge on any atom is -0.489 e. The second-order valence-corrected chi connectivity index (χ2v) is 6.18. The Morgan fingerprint density at radius 3 is 2.42 bits per heavy atom. The van der Waals surface area contributed by atoms with Gasteiger partial charge in [-0.05, 0) is 43.0 Å². The summed E-state index contributed by atoms with van der Waals surface area (Å²) < 4.78 is 11.4. The predicted molar refractivity (Wildman–Crippen MR) is 99.9 cm³/mol. The molecule has 1 atom stereocenters. The lowest BCUT2D eigenvalue weighted by Gasteiger charge is -2.11. The average molecular weight is 348 g/mol. The van der Waals surface area contributed by atoms with Crippen LogP contribution in [0.3, 0.4) is 0 Å². The Labute approximate surface area is 150 Å². The van der Waals surface area contributed by atoms with E-state index in [4.69, 9.17) is 9.47 Å². The molecule has 1 unspecified atom stereocenters. The molecule has 2 aromatic carbocycles. The number of halogens is 1. The Kier molecular flexibility index (Phi) is 7.57. The molecule has 1 fully saturated rings. The number of ether oxygens (including phenoxy) is 2. The second-order valence-electron chi connectivity index (χ2n) is 6.18. The molecule has 0 radical (unpaired) electrons. The average Bonchev–Trinajstić information content (AvgIpc) is 3.09. The van der Waals surface area contributed by atoms with E-state index in [1.807, 2.05) is 12.1 Å². The van der Waals surface area contributed by atoms with E-state index in [2.05, 4.69) is 48.6 Å². The Hall–Kier alpha value is -1.55. The van der Waals surface area contributed by atoms with Crippen LogP contribution in [0.2, 0.25) is 0 Å². The molecular weight excluding hydrogens is 322 g/mol. The molecule has 2 aromatic rings. The topological polar surface area (TPSA) is 30.5 Å². The SMILES string of the molecule is Cc1ccc(COc2ccc(CNCC3CCCO3)cc2)cc1.Cl. The fourth-order valence-corrected chi connectivity index (χ4v) is 2.74. The number of nitrogens with one attached hydrogen (secondary N) is 1. The van der Waals surface area contributed by atoms with Crippen molar-refractivity contribution in [3.63, 3.8) is 0 Å². The highest BCUT2D eigenvalue weighted by Gasteiger charge is 2.14. The number of benzene rings is 2. The van der Waals surface area contributed by atoms with Gasteiger partial charge in [0.25, 0.3) is 0 Å². The number of hydrogen-bond donors (Lipinski definition) is 1. The van der Waals surface area contributed by atoms with E-state index in [-0.39, 0.29) is 12.4 Å². The summed E-state index contributed by atoms with van der Waals surface area (Å²) in [5.74, 6) is 0.911. The van der Waals surface area contributed by atoms with Crippen molar-refractivity contribution in [1.29, 1.82) is 0 Å². The predicted octanol–water partition coefficient (Wildman–Crippen LogP) is 4.26. The summed E-state index contributed by atoms with van der Waals surface area (Å²) in [6.45, 7) is 5.43. The zero-order chi connectivity index (χ0) is 15.9. The maximum Gasteiger partial charge on any atom is 0.119 e. The molecule has 0 spiro atoms. The fourth-order valence-electron chi connectivity index (χ4n) is 2.74. The number of aryl methyl sites for hydroxylation is 1. The van der Waals surface area contributed by atoms with E-state index in [9.17, 15) is 0 Å². The van der Waals surface area contributed by atoms with Crippen molar-refractivity contribution in [2.45, 2.75) is 39.0 Å². The van der Waals surface area contributed by atoms with Gasteiger partial charge in [0, 0.05) is 19.7 Å². The zero-order valence-electron chi connectivity index (χ0n) is 14.2. The maximum atomic E-state index is 5.83. The Balaban J connectivity index is 0.00000208. The molecule has 0 aromatic heterocycles. The van der Waals surface area contributed by atoms with Gasteiger partial charge in [0.2, 0.25) is 0 Å². The van der Waals surface area contributed by atoms with Crippen LogP contribution in [0.5, 0.6) is 5.75 Å². The van der Waals surface area contributed by atoms with Gasteiger partial charge < -0.3 is 14.8 Å². The van der Waals surface area contributed by atoms with Crippen molar-refractivity contribution in [3.05, 3.63) is 65.2 Å². The van der Waals surface area contributed by atoms with Crippen molar-refractivity contribution in [1.82, 2.24) is 5.32 Å². The third-order valence-electron chi connectivity index (χ3n) is 4.17. The van der Waals surface area contributed by atoms with Gasteiger partial charge in [-0.1, -0.05) is 42.0 Å². The van der Waals surface area contributed by atoms with E-state index in [1.165, 1.54) is 29.5 Å². The summed E-state index contributed by atoms with van der Waals surface area (Å²) in [6, 6.07) is 16.8. The van der Waals surface area contributed by atoms with Crippen LogP contribution in [0.4, 0.5) is 0 Å². The third kappa shape index (κ3) is 5.82. The van der Waals surface area contributed by atoms with Crippen molar-refractivity contribution in [3.8, 4) is 5.75 Å². The molecule has 130 valence electrons. The van der Waals surface area contributed by atoms with Crippen LogP contribution in [-0.4, -0.2) is 19.3 Å². The van der Waals surface area contributed by atoms with Gasteiger partial charge in [-0.15, -0.1) is 12.4 Å². The van der Waals surface area contributed by atoms with E-state index in [0.717, 1.165) is 25.4 Å². The lowest BCUT2D eigenvalue weighted by Crippen LogP contribution is -2.25. The van der Waals surface area contributed by atoms with Crippen molar-refractivity contribution in [2.24, 2.45) is 0 Å². The maximum absolute atomic E-state index is 5.83. The summed E-state index contributed by atoms with van der Waals surface area (Å²) in [6.07, 6.45) is 2.77. The minimum absolute atomic E-state index is 0. The molecule has 24 heavy (non-hydrogen) atoms. The molecule has 1 aliphatic rings. The first-order valence-electron chi connectivity index (χ1n) is 8.39. The molecule has 1 saturated heterocycles. The quantitative estimate of drug-likeness (QED) is 0.811. The molecule has 0 amide bonds. The molecular formula is C20H26ClNO2. The monoisotopic (exact) mass is 347 g/mol. The molecule has 0 aliphatic carbocycles. The summed E-state index contributed by atoms with van der Waals surface area (Å²) in [7, 11) is 0. The van der Waals surface area contributed by atoms with Gasteiger partial charge in [-0.25, -0.2) is 0 Å². The van der Waals surface area contributed by atoms with Gasteiger partial charge in [-0.3, -0.25) is 0 Å². The normalized spacial score (nSPS) is 16.6. The lowest BCUT2D eigenvalue weighted by molar-refractivity contribution is 0.110. The summed E-state index contributed by atoms with van der Waals surface area (Å²) >= 11 is 0. The smallest absolute Gasteiger partial charge is 0.119 e. The Morgan fingerprint density at radius 2 is 1.75 bits per heavy atom. The zero-order valence-corrected chi connectivity index (χ0v) is 15.0. The van der Waals surface area contributed by atoms with Crippen LogP contribution < -0.4 is 10.1 Å². The second kappa shape index (κ2) is 9.67. The highest BCUT2D eigenvalue weighted by Crippen LogP contribution is 2.15. The standard InChI is InChI=1S/C20H25NO2.ClH/c1-16-4-6-18(7-5-16)15-23-19-10-8-17(9-11-19)13-21-14-20-3-2-12-22-20;/h4-11,20-21H,2-3,12-15H2,1H3;1H. The van der Waals surface area contributed by atoms with Crippen LogP contribution in [0.1, 0.15) is 29.5 Å². The Morgan fingerprint density at radius 1 is 1.04 bits per heavy atom.